The van der Waals surface area contributed by atoms with E-state index in [1.54, 1.807) is 11.3 Å². The Hall–Kier alpha value is -0.980. The molecule has 0 aromatic carbocycles. The number of nitrogens with one attached hydrogen (secondary N) is 1. The van der Waals surface area contributed by atoms with Gasteiger partial charge in [0.05, 0.1) is 5.69 Å². The summed E-state index contributed by atoms with van der Waals surface area (Å²) in [7, 11) is 4.05. The third kappa shape index (κ3) is 3.77. The van der Waals surface area contributed by atoms with Gasteiger partial charge in [-0.25, -0.2) is 4.98 Å². The first-order chi connectivity index (χ1) is 9.61. The van der Waals surface area contributed by atoms with Crippen molar-refractivity contribution in [2.24, 2.45) is 0 Å². The summed E-state index contributed by atoms with van der Waals surface area (Å²) < 4.78 is 0. The summed E-state index contributed by atoms with van der Waals surface area (Å²) in [5, 5.41) is 4.32. The number of piperazine rings is 1. The van der Waals surface area contributed by atoms with Gasteiger partial charge in [0.1, 0.15) is 9.88 Å². The highest BCUT2D eigenvalue weighted by Crippen LogP contribution is 2.23. The van der Waals surface area contributed by atoms with Crippen LogP contribution in [-0.4, -0.2) is 61.0 Å². The van der Waals surface area contributed by atoms with Crippen LogP contribution in [0.15, 0.2) is 0 Å². The van der Waals surface area contributed by atoms with Crippen molar-refractivity contribution in [1.29, 1.82) is 0 Å². The molecule has 112 valence electrons. The molecule has 1 aromatic heterocycles. The minimum Gasteiger partial charge on any atom is -0.335 e. The third-order valence-electron chi connectivity index (χ3n) is 3.28. The summed E-state index contributed by atoms with van der Waals surface area (Å²) in [4.78, 5) is 22.2. The molecule has 1 amide bonds. The average molecular weight is 296 g/mol. The van der Waals surface area contributed by atoms with Gasteiger partial charge in [0.25, 0.3) is 5.91 Å². The number of nitrogens with zero attached hydrogens (tertiary/aromatic N) is 3. The standard InChI is InChI=1S/C14H24N4OS/c1-4-5-11-13(20-12(16-11)10-17(2)3)14(19)18-8-6-15-7-9-18/h15H,4-10H2,1-3H3. The second kappa shape index (κ2) is 7.15. The molecule has 5 nitrogen and oxygen atoms in total. The van der Waals surface area contributed by atoms with Crippen LogP contribution in [0.1, 0.15) is 33.7 Å². The molecule has 1 aliphatic rings. The molecule has 0 aliphatic carbocycles. The van der Waals surface area contributed by atoms with Crippen LogP contribution in [0.4, 0.5) is 0 Å². The Kier molecular flexibility index (Phi) is 5.51. The topological polar surface area (TPSA) is 48.5 Å². The minimum absolute atomic E-state index is 0.164. The van der Waals surface area contributed by atoms with Crippen molar-refractivity contribution in [3.63, 3.8) is 0 Å². The Bertz CT molecular complexity index is 452. The molecule has 1 saturated heterocycles. The van der Waals surface area contributed by atoms with E-state index in [0.29, 0.717) is 0 Å². The zero-order valence-electron chi connectivity index (χ0n) is 12.6. The van der Waals surface area contributed by atoms with E-state index >= 15 is 0 Å². The Morgan fingerprint density at radius 3 is 2.70 bits per heavy atom. The molecule has 20 heavy (non-hydrogen) atoms. The quantitative estimate of drug-likeness (QED) is 0.887. The molecule has 0 unspecified atom stereocenters. The maximum Gasteiger partial charge on any atom is 0.265 e. The lowest BCUT2D eigenvalue weighted by molar-refractivity contribution is 0.0739. The Morgan fingerprint density at radius 1 is 1.40 bits per heavy atom. The SMILES string of the molecule is CCCc1nc(CN(C)C)sc1C(=O)N1CCNCC1. The third-order valence-corrected chi connectivity index (χ3v) is 4.35. The van der Waals surface area contributed by atoms with Gasteiger partial charge < -0.3 is 15.1 Å². The summed E-state index contributed by atoms with van der Waals surface area (Å²) >= 11 is 1.57. The molecule has 1 aliphatic heterocycles. The van der Waals surface area contributed by atoms with Crippen LogP contribution in [0, 0.1) is 0 Å². The van der Waals surface area contributed by atoms with Gasteiger partial charge in [0.2, 0.25) is 0 Å². The Morgan fingerprint density at radius 2 is 2.10 bits per heavy atom. The fraction of sp³-hybridized carbons (Fsp3) is 0.714. The van der Waals surface area contributed by atoms with E-state index in [0.717, 1.165) is 61.1 Å². The van der Waals surface area contributed by atoms with Crippen molar-refractivity contribution in [3.05, 3.63) is 15.6 Å². The normalized spacial score (nSPS) is 15.9. The van der Waals surface area contributed by atoms with E-state index in [1.807, 2.05) is 19.0 Å². The van der Waals surface area contributed by atoms with Crippen LogP contribution in [0.25, 0.3) is 0 Å². The van der Waals surface area contributed by atoms with Crippen LogP contribution in [0.3, 0.4) is 0 Å². The first kappa shape index (κ1) is 15.4. The first-order valence-corrected chi connectivity index (χ1v) is 8.06. The van der Waals surface area contributed by atoms with Crippen molar-refractivity contribution in [2.45, 2.75) is 26.3 Å². The highest BCUT2D eigenvalue weighted by molar-refractivity contribution is 7.13. The van der Waals surface area contributed by atoms with Crippen molar-refractivity contribution < 1.29 is 4.79 Å². The average Bonchev–Trinajstić information content (AvgIpc) is 2.81. The monoisotopic (exact) mass is 296 g/mol. The molecule has 2 rings (SSSR count). The number of rotatable bonds is 5. The first-order valence-electron chi connectivity index (χ1n) is 7.25. The predicted molar refractivity (Wildman–Crippen MR) is 82.3 cm³/mol. The lowest BCUT2D eigenvalue weighted by atomic mass is 10.2. The fourth-order valence-corrected chi connectivity index (χ4v) is 3.52. The molecule has 1 N–H and O–H groups in total. The predicted octanol–water partition coefficient (Wildman–Crippen LogP) is 1.20. The van der Waals surface area contributed by atoms with Gasteiger partial charge >= 0.3 is 0 Å². The summed E-state index contributed by atoms with van der Waals surface area (Å²) in [6.45, 7) is 6.30. The smallest absolute Gasteiger partial charge is 0.265 e. The van der Waals surface area contributed by atoms with Gasteiger partial charge in [-0.2, -0.15) is 0 Å². The van der Waals surface area contributed by atoms with Crippen molar-refractivity contribution in [2.75, 3.05) is 40.3 Å². The van der Waals surface area contributed by atoms with E-state index in [-0.39, 0.29) is 5.91 Å². The molecule has 1 fully saturated rings. The number of aryl methyl sites for hydroxylation is 1. The van der Waals surface area contributed by atoms with E-state index in [1.165, 1.54) is 0 Å². The molecule has 0 spiro atoms. The van der Waals surface area contributed by atoms with Gasteiger partial charge in [-0.1, -0.05) is 13.3 Å². The number of carbonyl (C=O) groups is 1. The lowest BCUT2D eigenvalue weighted by Gasteiger charge is -2.27. The number of hydrogen-bond acceptors (Lipinski definition) is 5. The van der Waals surface area contributed by atoms with Gasteiger partial charge in [-0.05, 0) is 20.5 Å². The second-order valence-electron chi connectivity index (χ2n) is 5.41. The van der Waals surface area contributed by atoms with Crippen LogP contribution in [-0.2, 0) is 13.0 Å². The van der Waals surface area contributed by atoms with E-state index in [9.17, 15) is 4.79 Å². The molecular formula is C14H24N4OS. The Labute approximate surface area is 125 Å². The molecule has 0 atom stereocenters. The number of aromatic nitrogens is 1. The van der Waals surface area contributed by atoms with Gasteiger partial charge in [-0.3, -0.25) is 4.79 Å². The largest absolute Gasteiger partial charge is 0.335 e. The zero-order chi connectivity index (χ0) is 14.5. The number of amides is 1. The summed E-state index contributed by atoms with van der Waals surface area (Å²) in [6.07, 6.45) is 1.91. The van der Waals surface area contributed by atoms with Crippen molar-refractivity contribution in [3.8, 4) is 0 Å². The number of hydrogen-bond donors (Lipinski definition) is 1. The van der Waals surface area contributed by atoms with Gasteiger partial charge in [0, 0.05) is 32.7 Å². The highest BCUT2D eigenvalue weighted by atomic mass is 32.1. The van der Waals surface area contributed by atoms with Gasteiger partial charge in [0.15, 0.2) is 0 Å². The van der Waals surface area contributed by atoms with E-state index < -0.39 is 0 Å². The zero-order valence-corrected chi connectivity index (χ0v) is 13.4. The lowest BCUT2D eigenvalue weighted by Crippen LogP contribution is -2.46. The summed E-state index contributed by atoms with van der Waals surface area (Å²) in [5.41, 5.74) is 0.984. The van der Waals surface area contributed by atoms with Crippen molar-refractivity contribution >= 4 is 17.2 Å². The molecule has 6 heteroatoms. The van der Waals surface area contributed by atoms with Gasteiger partial charge in [-0.15, -0.1) is 11.3 Å². The molecule has 0 bridgehead atoms. The van der Waals surface area contributed by atoms with Crippen LogP contribution < -0.4 is 5.32 Å². The maximum atomic E-state index is 12.6. The summed E-state index contributed by atoms with van der Waals surface area (Å²) in [6, 6.07) is 0. The maximum absolute atomic E-state index is 12.6. The van der Waals surface area contributed by atoms with Crippen LogP contribution in [0.2, 0.25) is 0 Å². The molecular weight excluding hydrogens is 272 g/mol. The second-order valence-corrected chi connectivity index (χ2v) is 6.50. The fourth-order valence-electron chi connectivity index (χ4n) is 2.32. The summed E-state index contributed by atoms with van der Waals surface area (Å²) in [5.74, 6) is 0.164. The van der Waals surface area contributed by atoms with E-state index in [4.69, 9.17) is 0 Å². The van der Waals surface area contributed by atoms with Crippen molar-refractivity contribution in [1.82, 2.24) is 20.1 Å². The highest BCUT2D eigenvalue weighted by Gasteiger charge is 2.24. The molecule has 0 saturated carbocycles. The Balaban J connectivity index is 2.18. The van der Waals surface area contributed by atoms with Crippen LogP contribution >= 0.6 is 11.3 Å². The minimum atomic E-state index is 0.164. The number of thiazole rings is 1. The van der Waals surface area contributed by atoms with Crippen LogP contribution in [0.5, 0.6) is 0 Å². The molecule has 1 aromatic rings. The number of carbonyl (C=O) groups excluding carboxylic acids is 1. The molecule has 0 radical (unpaired) electrons. The van der Waals surface area contributed by atoms with E-state index in [2.05, 4.69) is 22.1 Å². The molecule has 2 heterocycles.